The van der Waals surface area contributed by atoms with Crippen molar-refractivity contribution < 1.29 is 297 Å². The largest absolute Gasteiger partial charge is 0.394 e. The van der Waals surface area contributed by atoms with Gasteiger partial charge in [-0.15, -0.1) is 0 Å². The Morgan fingerprint density at radius 3 is 0.966 bits per heavy atom. The summed E-state index contributed by atoms with van der Waals surface area (Å²) in [5.41, 5.74) is 0. The van der Waals surface area contributed by atoms with Crippen molar-refractivity contribution in [3.05, 3.63) is 0 Å². The molecule has 0 spiro atoms. The van der Waals surface area contributed by atoms with Crippen molar-refractivity contribution in [3.8, 4) is 0 Å². The summed E-state index contributed by atoms with van der Waals surface area (Å²) in [5.74, 6) is -5.23. The van der Waals surface area contributed by atoms with Gasteiger partial charge in [0.15, 0.2) is 69.2 Å². The second-order valence-corrected chi connectivity index (χ2v) is 37.2. The van der Waals surface area contributed by atoms with Crippen molar-refractivity contribution in [2.75, 3.05) is 79.3 Å². The van der Waals surface area contributed by atoms with E-state index in [0.29, 0.717) is 0 Å². The lowest BCUT2D eigenvalue weighted by atomic mass is 9.93. The lowest BCUT2D eigenvalue weighted by Gasteiger charge is -2.53. The van der Waals surface area contributed by atoms with Crippen LogP contribution in [0.15, 0.2) is 0 Å². The van der Waals surface area contributed by atoms with Crippen molar-refractivity contribution in [2.24, 2.45) is 0 Å². The van der Waals surface area contributed by atoms with E-state index < -0.39 is 471 Å². The highest BCUT2D eigenvalue weighted by molar-refractivity contribution is 5.75. The van der Waals surface area contributed by atoms with E-state index in [2.05, 4.69) is 26.6 Å². The van der Waals surface area contributed by atoms with Crippen LogP contribution in [0.3, 0.4) is 0 Å². The number of hydrogen-bond donors (Lipinski definition) is 38. The van der Waals surface area contributed by atoms with Crippen molar-refractivity contribution in [1.29, 1.82) is 0 Å². The topological polar surface area (TPSA) is 1020 Å². The van der Waals surface area contributed by atoms with Crippen LogP contribution < -0.4 is 26.6 Å². The molecule has 0 aromatic heterocycles. The molecular formula is C82H139N5O60. The second kappa shape index (κ2) is 54.2. The monoisotopic (exact) mass is 2150 g/mol. The second-order valence-electron chi connectivity index (χ2n) is 37.2. The van der Waals surface area contributed by atoms with Gasteiger partial charge in [0, 0.05) is 34.6 Å². The lowest BCUT2D eigenvalue weighted by molar-refractivity contribution is -0.412. The molecule has 0 aliphatic carbocycles. The third kappa shape index (κ3) is 28.0. The van der Waals surface area contributed by atoms with E-state index in [1.54, 1.807) is 0 Å². The van der Waals surface area contributed by atoms with Gasteiger partial charge in [0.05, 0.1) is 91.4 Å². The molecule has 65 nitrogen and oxygen atoms in total. The van der Waals surface area contributed by atoms with Gasteiger partial charge in [-0.1, -0.05) is 0 Å². The number of ether oxygens (including phenoxy) is 22. The fourth-order valence-electron chi connectivity index (χ4n) is 18.7. The van der Waals surface area contributed by atoms with Gasteiger partial charge in [-0.3, -0.25) is 24.0 Å². The normalized spacial score (nSPS) is 47.3. The Hall–Kier alpha value is -4.85. The number of carbonyl (C=O) groups excluding carboxylic acids is 5. The predicted molar refractivity (Wildman–Crippen MR) is 454 cm³/mol. The van der Waals surface area contributed by atoms with E-state index in [9.17, 15) is 192 Å². The summed E-state index contributed by atoms with van der Waals surface area (Å²) >= 11 is 0. The highest BCUT2D eigenvalue weighted by atomic mass is 16.8. The quantitative estimate of drug-likeness (QED) is 0.0270. The maximum atomic E-state index is 13.7. The average Bonchev–Trinajstić information content (AvgIpc) is 0.751. The smallest absolute Gasteiger partial charge is 0.217 e. The molecule has 11 fully saturated rings. The zero-order valence-corrected chi connectivity index (χ0v) is 79.3. The maximum absolute atomic E-state index is 13.7. The third-order valence-corrected chi connectivity index (χ3v) is 26.7. The number of nitrogens with one attached hydrogen (secondary N) is 5. The molecule has 11 aliphatic heterocycles. The van der Waals surface area contributed by atoms with Crippen LogP contribution in [0.25, 0.3) is 0 Å². The van der Waals surface area contributed by atoms with Crippen LogP contribution in [0, 0.1) is 0 Å². The van der Waals surface area contributed by atoms with Gasteiger partial charge in [0.25, 0.3) is 0 Å². The van der Waals surface area contributed by atoms with Crippen molar-refractivity contribution >= 4 is 29.5 Å². The summed E-state index contributed by atoms with van der Waals surface area (Å²) in [4.78, 5) is 66.1. The van der Waals surface area contributed by atoms with Crippen LogP contribution in [0.4, 0.5) is 0 Å². The molecule has 11 heterocycles. The van der Waals surface area contributed by atoms with Gasteiger partial charge in [-0.2, -0.15) is 0 Å². The summed E-state index contributed by atoms with van der Waals surface area (Å²) in [7, 11) is 0. The van der Waals surface area contributed by atoms with E-state index in [0.717, 1.165) is 34.6 Å². The lowest BCUT2D eigenvalue weighted by Crippen LogP contribution is -2.72. The molecule has 65 heteroatoms. The third-order valence-electron chi connectivity index (χ3n) is 26.7. The average molecular weight is 2150 g/mol. The van der Waals surface area contributed by atoms with Crippen LogP contribution >= 0.6 is 0 Å². The molecule has 11 rings (SSSR count). The Morgan fingerprint density at radius 2 is 0.544 bits per heavy atom. The SMILES string of the molecule is CC(=O)N[C@H]1[C@H](O[C@@H]([C@H](O)[C@H](CO)NC(C)=O)[C@H](O)CO[C@@H]2O[C@@H](C)[C@@H](O)[C@@H](O)[C@@H]2O)O[C@H](CO)[C@@H](O[C@@H]2O[C@H](CO[C@H]3O[C@H](CO[C@H]4O[C@H](CO)[C@@H](O)[C@H](O)[C@@H]4O)[C@@H](O)[C@H](O[C@H]4O[C@H](CO)[C@@H](O)[C@H](O)[C@@H]4O)[C@@H]3O)[C@@H](O[C@@H]3O[C@H](CO)[C@@H](O)[C@H](O)[C@H]3NC(C)=O)[C@H](O[C@H]3O[C@H](CO)[C@@H](O[C@@H]4O[C@H](CO)[C@@H](O[C@@H]5O[C@H](CO)[C@H](O)[C@H](O)[C@H]5O)[C@H](O)[C@H]4NC(C)=O)[C@H](O)[C@@H]3O[C@@H]3O[C@H](CO)[C@@H](O)[C@H](O)[C@H]3NC(C)=O)[C@@H]2O)[C@@H]1O. The van der Waals surface area contributed by atoms with Gasteiger partial charge in [-0.25, -0.2) is 0 Å². The standard InChI is InChI=1S/C82H139N5O60/c1-19-41(103)53(115)57(119)76(129-19)126-16-26(102)64(42(104)25(7-88)83-20(2)97)140-74-39(86-23(5)100)51(113)66(33(14-95)135-74)143-81-63(125)70(146-82-71(147-73-38(85-22(4)99)50(112)44(106)28(9-90)131-73)61(123)67(34(15-96)137-82)141-75-40(87-24(6)101)52(114)65(32(13-94)136-75)142-79-59(121)55(117)46(108)30(11-92)133-79)68(144-72-37(84-21(3)98)49(111)43(105)27(8-89)130-72)36(139-81)18-128-78-62(124)69(145-80-60(122)56(118)47(109)31(12-93)134-80)48(110)35(138-78)17-127-77-58(120)54(116)45(107)29(10-91)132-77/h19,25-82,88-96,102-125H,7-18H2,1-6H3,(H,83,97)(H,84,98)(H,85,99)(H,86,100)(H,87,101)/t19-,25-,26+,27+,28+,29+,30+,31+,32+,33+,34+,35+,36+,37+,38+,39+,40+,41+,42+,43+,44+,45+,46-,47+,48+,49+,50+,51+,52+,53+,54-,55-,56-,57-,58-,59+,60-,61-,62-,63-,64+,65+,66+,67+,68+,69-,70+,71-,72-,73-,74-,75-,76+,77-,78-,79-,80+,81-,82+/m0/s1. The Balaban J connectivity index is 1.06. The first kappa shape index (κ1) is 122. The number of rotatable bonds is 42. The molecule has 0 unspecified atom stereocenters. The van der Waals surface area contributed by atoms with Gasteiger partial charge < -0.3 is 299 Å². The molecule has 0 bridgehead atoms. The van der Waals surface area contributed by atoms with Crippen LogP contribution in [-0.4, -0.2) is 639 Å². The molecule has 147 heavy (non-hydrogen) atoms. The molecule has 0 aromatic carbocycles. The zero-order valence-electron chi connectivity index (χ0n) is 79.3. The highest BCUT2D eigenvalue weighted by Crippen LogP contribution is 2.43. The molecule has 0 radical (unpaired) electrons. The van der Waals surface area contributed by atoms with E-state index in [1.807, 2.05) is 0 Å². The molecule has 11 saturated heterocycles. The van der Waals surface area contributed by atoms with Crippen LogP contribution in [-0.2, 0) is 128 Å². The summed E-state index contributed by atoms with van der Waals surface area (Å²) in [6.45, 7) is -9.22. The number of hydrogen-bond acceptors (Lipinski definition) is 60. The molecule has 0 aromatic rings. The first-order valence-corrected chi connectivity index (χ1v) is 46.9. The zero-order chi connectivity index (χ0) is 109. The van der Waals surface area contributed by atoms with Crippen molar-refractivity contribution in [3.63, 3.8) is 0 Å². The molecule has 0 saturated carbocycles. The molecule has 5 amide bonds. The first-order chi connectivity index (χ1) is 69.5. The van der Waals surface area contributed by atoms with Gasteiger partial charge >= 0.3 is 0 Å². The molecule has 59 atom stereocenters. The predicted octanol–water partition coefficient (Wildman–Crippen LogP) is -25.8. The van der Waals surface area contributed by atoms with E-state index in [-0.39, 0.29) is 0 Å². The Kier molecular flexibility index (Phi) is 45.1. The summed E-state index contributed by atoms with van der Waals surface area (Å²) < 4.78 is 134. The number of amides is 5. The summed E-state index contributed by atoms with van der Waals surface area (Å²) in [6, 6.07) is -10.4. The fourth-order valence-corrected chi connectivity index (χ4v) is 18.7. The minimum atomic E-state index is -2.95. The molecule has 852 valence electrons. The maximum Gasteiger partial charge on any atom is 0.217 e. The number of aliphatic hydroxyl groups excluding tert-OH is 33. The van der Waals surface area contributed by atoms with E-state index in [1.165, 1.54) is 6.92 Å². The molecule has 11 aliphatic rings. The van der Waals surface area contributed by atoms with Crippen LogP contribution in [0.5, 0.6) is 0 Å². The highest BCUT2D eigenvalue weighted by Gasteiger charge is 2.64. The Labute approximate surface area is 833 Å². The first-order valence-electron chi connectivity index (χ1n) is 46.9. The summed E-state index contributed by atoms with van der Waals surface area (Å²) in [6.07, 6.45) is -122. The van der Waals surface area contributed by atoms with Gasteiger partial charge in [0.1, 0.15) is 281 Å². The van der Waals surface area contributed by atoms with E-state index >= 15 is 0 Å². The van der Waals surface area contributed by atoms with Crippen LogP contribution in [0.2, 0.25) is 0 Å². The molecular weight excluding hydrogens is 2010 g/mol. The minimum Gasteiger partial charge on any atom is -0.394 e. The van der Waals surface area contributed by atoms with Crippen molar-refractivity contribution in [1.82, 2.24) is 26.6 Å². The van der Waals surface area contributed by atoms with Gasteiger partial charge in [0.2, 0.25) is 29.5 Å². The van der Waals surface area contributed by atoms with Gasteiger partial charge in [-0.05, 0) is 6.92 Å². The van der Waals surface area contributed by atoms with Crippen molar-refractivity contribution in [2.45, 2.75) is 403 Å². The van der Waals surface area contributed by atoms with Crippen LogP contribution in [0.1, 0.15) is 41.5 Å². The minimum absolute atomic E-state index is 0.830. The number of carbonyl (C=O) groups is 5. The Bertz CT molecular complexity index is 4050. The number of aliphatic hydroxyl groups is 33. The Morgan fingerprint density at radius 1 is 0.252 bits per heavy atom. The fraction of sp³-hybridized carbons (Fsp3) is 0.939. The summed E-state index contributed by atoms with van der Waals surface area (Å²) in [5, 5.41) is 386. The molecule has 38 N–H and O–H groups in total. The van der Waals surface area contributed by atoms with E-state index in [4.69, 9.17) is 104 Å².